The summed E-state index contributed by atoms with van der Waals surface area (Å²) in [6.45, 7) is 3.72. The van der Waals surface area contributed by atoms with E-state index in [0.29, 0.717) is 17.1 Å². The SMILES string of the molecule is O=C(NCc1cccc(Cl)c1)c1cccc(CN2CCCCC2)c1. The fourth-order valence-corrected chi connectivity index (χ4v) is 3.33. The van der Waals surface area contributed by atoms with E-state index in [9.17, 15) is 4.79 Å². The number of benzene rings is 2. The third kappa shape index (κ3) is 4.83. The van der Waals surface area contributed by atoms with Crippen molar-refractivity contribution in [3.05, 3.63) is 70.2 Å². The highest BCUT2D eigenvalue weighted by atomic mass is 35.5. The number of likely N-dealkylation sites (tertiary alicyclic amines) is 1. The van der Waals surface area contributed by atoms with Gasteiger partial charge in [-0.3, -0.25) is 9.69 Å². The van der Waals surface area contributed by atoms with Crippen LogP contribution in [0.2, 0.25) is 5.02 Å². The molecule has 4 heteroatoms. The Labute approximate surface area is 148 Å². The Bertz CT molecular complexity index is 696. The molecule has 0 radical (unpaired) electrons. The van der Waals surface area contributed by atoms with Gasteiger partial charge in [0.2, 0.25) is 0 Å². The summed E-state index contributed by atoms with van der Waals surface area (Å²) in [6, 6.07) is 15.5. The lowest BCUT2D eigenvalue weighted by Crippen LogP contribution is -2.29. The second-order valence-electron chi connectivity index (χ2n) is 6.35. The number of piperidine rings is 1. The van der Waals surface area contributed by atoms with Crippen molar-refractivity contribution in [2.24, 2.45) is 0 Å². The van der Waals surface area contributed by atoms with E-state index < -0.39 is 0 Å². The molecule has 0 unspecified atom stereocenters. The zero-order chi connectivity index (χ0) is 16.8. The molecular formula is C20H23ClN2O. The maximum absolute atomic E-state index is 12.4. The first-order valence-electron chi connectivity index (χ1n) is 8.55. The second-order valence-corrected chi connectivity index (χ2v) is 6.79. The predicted molar refractivity (Wildman–Crippen MR) is 98.2 cm³/mol. The van der Waals surface area contributed by atoms with Gasteiger partial charge in [0.05, 0.1) is 0 Å². The third-order valence-corrected chi connectivity index (χ3v) is 4.62. The molecule has 1 saturated heterocycles. The standard InChI is InChI=1S/C20H23ClN2O/c21-19-9-5-6-16(13-19)14-22-20(24)18-8-4-7-17(12-18)15-23-10-2-1-3-11-23/h4-9,12-13H,1-3,10-11,14-15H2,(H,22,24). The van der Waals surface area contributed by atoms with Gasteiger partial charge in [0.25, 0.3) is 5.91 Å². The van der Waals surface area contributed by atoms with Crippen LogP contribution in [-0.4, -0.2) is 23.9 Å². The summed E-state index contributed by atoms with van der Waals surface area (Å²) in [7, 11) is 0. The summed E-state index contributed by atoms with van der Waals surface area (Å²) in [5.74, 6) is -0.0459. The number of hydrogen-bond donors (Lipinski definition) is 1. The van der Waals surface area contributed by atoms with Gasteiger partial charge < -0.3 is 5.32 Å². The molecule has 1 aliphatic rings. The molecule has 126 valence electrons. The number of hydrogen-bond acceptors (Lipinski definition) is 2. The van der Waals surface area contributed by atoms with E-state index in [2.05, 4.69) is 16.3 Å². The highest BCUT2D eigenvalue weighted by Gasteiger charge is 2.12. The van der Waals surface area contributed by atoms with Crippen molar-refractivity contribution in [2.75, 3.05) is 13.1 Å². The molecule has 24 heavy (non-hydrogen) atoms. The third-order valence-electron chi connectivity index (χ3n) is 4.39. The topological polar surface area (TPSA) is 32.3 Å². The number of amides is 1. The van der Waals surface area contributed by atoms with Crippen LogP contribution in [0.5, 0.6) is 0 Å². The maximum Gasteiger partial charge on any atom is 0.251 e. The van der Waals surface area contributed by atoms with E-state index in [-0.39, 0.29) is 5.91 Å². The Morgan fingerprint density at radius 3 is 2.54 bits per heavy atom. The molecule has 1 fully saturated rings. The van der Waals surface area contributed by atoms with Crippen molar-refractivity contribution in [1.82, 2.24) is 10.2 Å². The number of rotatable bonds is 5. The number of nitrogens with zero attached hydrogens (tertiary/aromatic N) is 1. The summed E-state index contributed by atoms with van der Waals surface area (Å²) in [5.41, 5.74) is 2.92. The summed E-state index contributed by atoms with van der Waals surface area (Å²) in [6.07, 6.45) is 3.89. The van der Waals surface area contributed by atoms with Gasteiger partial charge in [-0.15, -0.1) is 0 Å². The van der Waals surface area contributed by atoms with Crippen molar-refractivity contribution >= 4 is 17.5 Å². The molecule has 3 nitrogen and oxygen atoms in total. The fourth-order valence-electron chi connectivity index (χ4n) is 3.12. The van der Waals surface area contributed by atoms with Crippen LogP contribution in [-0.2, 0) is 13.1 Å². The molecule has 3 rings (SSSR count). The monoisotopic (exact) mass is 342 g/mol. The van der Waals surface area contributed by atoms with Crippen LogP contribution in [0.4, 0.5) is 0 Å². The molecular weight excluding hydrogens is 320 g/mol. The van der Waals surface area contributed by atoms with Crippen LogP contribution < -0.4 is 5.32 Å². The van der Waals surface area contributed by atoms with Crippen LogP contribution in [0.25, 0.3) is 0 Å². The van der Waals surface area contributed by atoms with Gasteiger partial charge in [0.1, 0.15) is 0 Å². The maximum atomic E-state index is 12.4. The Morgan fingerprint density at radius 2 is 1.75 bits per heavy atom. The van der Waals surface area contributed by atoms with Gasteiger partial charge in [-0.1, -0.05) is 42.3 Å². The number of carbonyl (C=O) groups is 1. The highest BCUT2D eigenvalue weighted by Crippen LogP contribution is 2.14. The lowest BCUT2D eigenvalue weighted by molar-refractivity contribution is 0.0950. The largest absolute Gasteiger partial charge is 0.348 e. The summed E-state index contributed by atoms with van der Waals surface area (Å²) in [5, 5.41) is 3.65. The molecule has 0 bridgehead atoms. The lowest BCUT2D eigenvalue weighted by Gasteiger charge is -2.26. The fraction of sp³-hybridized carbons (Fsp3) is 0.350. The molecule has 0 spiro atoms. The molecule has 1 heterocycles. The van der Waals surface area contributed by atoms with Crippen molar-refractivity contribution in [2.45, 2.75) is 32.4 Å². The molecule has 0 aliphatic carbocycles. The number of carbonyl (C=O) groups excluding carboxylic acids is 1. The predicted octanol–water partition coefficient (Wildman–Crippen LogP) is 4.26. The van der Waals surface area contributed by atoms with Gasteiger partial charge in [-0.2, -0.15) is 0 Å². The average Bonchev–Trinajstić information content (AvgIpc) is 2.61. The Morgan fingerprint density at radius 1 is 1.00 bits per heavy atom. The van der Waals surface area contributed by atoms with Gasteiger partial charge in [0, 0.05) is 23.7 Å². The molecule has 2 aromatic carbocycles. The van der Waals surface area contributed by atoms with Crippen molar-refractivity contribution in [1.29, 1.82) is 0 Å². The second kappa shape index (κ2) is 8.32. The normalized spacial score (nSPS) is 15.2. The van der Waals surface area contributed by atoms with E-state index in [0.717, 1.165) is 25.2 Å². The lowest BCUT2D eigenvalue weighted by atomic mass is 10.1. The molecule has 1 N–H and O–H groups in total. The summed E-state index contributed by atoms with van der Waals surface area (Å²) in [4.78, 5) is 14.9. The Kier molecular flexibility index (Phi) is 5.89. The molecule has 0 atom stereocenters. The quantitative estimate of drug-likeness (QED) is 0.880. The highest BCUT2D eigenvalue weighted by molar-refractivity contribution is 6.30. The average molecular weight is 343 g/mol. The zero-order valence-electron chi connectivity index (χ0n) is 13.8. The Hall–Kier alpha value is -1.84. The summed E-state index contributed by atoms with van der Waals surface area (Å²) < 4.78 is 0. The molecule has 1 aliphatic heterocycles. The molecule has 1 amide bonds. The van der Waals surface area contributed by atoms with E-state index in [1.807, 2.05) is 42.5 Å². The number of halogens is 1. The van der Waals surface area contributed by atoms with E-state index in [1.165, 1.54) is 24.8 Å². The van der Waals surface area contributed by atoms with Gasteiger partial charge in [-0.25, -0.2) is 0 Å². The van der Waals surface area contributed by atoms with E-state index in [1.54, 1.807) is 0 Å². The van der Waals surface area contributed by atoms with Crippen LogP contribution in [0.3, 0.4) is 0 Å². The molecule has 0 saturated carbocycles. The molecule has 2 aromatic rings. The zero-order valence-corrected chi connectivity index (χ0v) is 14.6. The first-order chi connectivity index (χ1) is 11.7. The minimum Gasteiger partial charge on any atom is -0.348 e. The minimum absolute atomic E-state index is 0.0459. The smallest absolute Gasteiger partial charge is 0.251 e. The van der Waals surface area contributed by atoms with Crippen LogP contribution in [0.15, 0.2) is 48.5 Å². The molecule has 0 aromatic heterocycles. The number of nitrogens with one attached hydrogen (secondary N) is 1. The van der Waals surface area contributed by atoms with E-state index in [4.69, 9.17) is 11.6 Å². The Balaban J connectivity index is 1.59. The first-order valence-corrected chi connectivity index (χ1v) is 8.92. The van der Waals surface area contributed by atoms with E-state index >= 15 is 0 Å². The first kappa shape index (κ1) is 17.0. The van der Waals surface area contributed by atoms with Crippen LogP contribution >= 0.6 is 11.6 Å². The van der Waals surface area contributed by atoms with Crippen molar-refractivity contribution in [3.63, 3.8) is 0 Å². The van der Waals surface area contributed by atoms with Crippen molar-refractivity contribution in [3.8, 4) is 0 Å². The minimum atomic E-state index is -0.0459. The van der Waals surface area contributed by atoms with Gasteiger partial charge in [0.15, 0.2) is 0 Å². The summed E-state index contributed by atoms with van der Waals surface area (Å²) >= 11 is 5.97. The van der Waals surface area contributed by atoms with Crippen LogP contribution in [0.1, 0.15) is 40.7 Å². The van der Waals surface area contributed by atoms with Gasteiger partial charge in [-0.05, 0) is 61.3 Å². The van der Waals surface area contributed by atoms with Crippen LogP contribution in [0, 0.1) is 0 Å². The van der Waals surface area contributed by atoms with Gasteiger partial charge >= 0.3 is 0 Å². The van der Waals surface area contributed by atoms with Crippen molar-refractivity contribution < 1.29 is 4.79 Å².